The summed E-state index contributed by atoms with van der Waals surface area (Å²) in [5.74, 6) is -0.910. The molecule has 0 amide bonds. The monoisotopic (exact) mass is 384 g/mol. The molecule has 0 bridgehead atoms. The van der Waals surface area contributed by atoms with Crippen molar-refractivity contribution >= 4 is 18.4 Å². The lowest BCUT2D eigenvalue weighted by molar-refractivity contribution is -0.139. The summed E-state index contributed by atoms with van der Waals surface area (Å²) < 4.78 is 37.3. The second-order valence-electron chi connectivity index (χ2n) is 5.97. The molecule has 0 aliphatic heterocycles. The number of hydrogen-bond acceptors (Lipinski definition) is 3. The second kappa shape index (κ2) is 12.1. The van der Waals surface area contributed by atoms with Gasteiger partial charge in [-0.05, 0) is 37.4 Å². The van der Waals surface area contributed by atoms with E-state index in [1.54, 1.807) is 19.9 Å². The van der Waals surface area contributed by atoms with Crippen molar-refractivity contribution in [2.75, 3.05) is 6.54 Å². The molecule has 4 nitrogen and oxygen atoms in total. The molecule has 8 heteroatoms. The summed E-state index contributed by atoms with van der Waals surface area (Å²) in [6.45, 7) is 8.31. The first-order valence-electron chi connectivity index (χ1n) is 7.86. The summed E-state index contributed by atoms with van der Waals surface area (Å²) in [6.07, 6.45) is -3.64. The first-order valence-corrected chi connectivity index (χ1v) is 7.86. The summed E-state index contributed by atoms with van der Waals surface area (Å²) >= 11 is 0. The van der Waals surface area contributed by atoms with Crippen LogP contribution in [-0.4, -0.2) is 29.7 Å². The maximum atomic E-state index is 12.4. The highest BCUT2D eigenvalue weighted by Crippen LogP contribution is 2.29. The van der Waals surface area contributed by atoms with Crippen LogP contribution in [0.4, 0.5) is 13.2 Å². The van der Waals surface area contributed by atoms with Crippen LogP contribution in [0.2, 0.25) is 0 Å². The van der Waals surface area contributed by atoms with Gasteiger partial charge in [0, 0.05) is 6.04 Å². The van der Waals surface area contributed by atoms with Gasteiger partial charge in [0.25, 0.3) is 0 Å². The summed E-state index contributed by atoms with van der Waals surface area (Å²) in [5.41, 5.74) is 5.30. The Morgan fingerprint density at radius 2 is 1.84 bits per heavy atom. The summed E-state index contributed by atoms with van der Waals surface area (Å²) in [4.78, 5) is 10.0. The third-order valence-corrected chi connectivity index (χ3v) is 3.35. The van der Waals surface area contributed by atoms with E-state index in [0.29, 0.717) is 12.0 Å². The highest BCUT2D eigenvalue weighted by atomic mass is 35.5. The van der Waals surface area contributed by atoms with Crippen LogP contribution in [0.5, 0.6) is 0 Å². The van der Waals surface area contributed by atoms with Gasteiger partial charge in [-0.3, -0.25) is 4.79 Å². The number of carbonyl (C=O) groups is 1. The highest BCUT2D eigenvalue weighted by molar-refractivity contribution is 5.85. The maximum Gasteiger partial charge on any atom is 0.416 e. The van der Waals surface area contributed by atoms with Crippen LogP contribution in [0.25, 0.3) is 0 Å². The lowest BCUT2D eigenvalue weighted by Gasteiger charge is -2.13. The molecule has 25 heavy (non-hydrogen) atoms. The van der Waals surface area contributed by atoms with Crippen molar-refractivity contribution in [2.24, 2.45) is 11.7 Å². The number of aliphatic carboxylic acids is 1. The summed E-state index contributed by atoms with van der Waals surface area (Å²) in [6, 6.07) is 4.97. The van der Waals surface area contributed by atoms with Crippen molar-refractivity contribution in [1.82, 2.24) is 5.32 Å². The SMILES string of the molecule is CC(C)[C@H](N)C(=O)O.CCNC(C)Cc1cccc(C(F)(F)F)c1.Cl. The molecule has 0 saturated carbocycles. The van der Waals surface area contributed by atoms with Crippen molar-refractivity contribution in [2.45, 2.75) is 52.4 Å². The standard InChI is InChI=1S/C12H16F3N.C5H11NO2.ClH/c1-3-16-9(2)7-10-5-4-6-11(8-10)12(13,14)15;1-3(2)4(6)5(7)8;/h4-6,8-9,16H,3,7H2,1-2H3;3-4H,6H2,1-2H3,(H,7,8);1H/t;4-;/m.0./s1. The number of halogens is 4. The fourth-order valence-electron chi connectivity index (χ4n) is 1.93. The number of nitrogens with two attached hydrogens (primary N) is 1. The molecular weight excluding hydrogens is 357 g/mol. The number of likely N-dealkylation sites (N-methyl/N-ethyl adjacent to an activating group) is 1. The molecule has 0 saturated heterocycles. The van der Waals surface area contributed by atoms with E-state index in [0.717, 1.165) is 12.6 Å². The molecule has 1 unspecified atom stereocenters. The number of alkyl halides is 3. The minimum atomic E-state index is -4.25. The zero-order valence-corrected chi connectivity index (χ0v) is 15.7. The van der Waals surface area contributed by atoms with E-state index in [4.69, 9.17) is 10.8 Å². The summed E-state index contributed by atoms with van der Waals surface area (Å²) in [5, 5.41) is 11.4. The van der Waals surface area contributed by atoms with E-state index in [1.165, 1.54) is 12.1 Å². The third-order valence-electron chi connectivity index (χ3n) is 3.35. The van der Waals surface area contributed by atoms with Gasteiger partial charge in [0.05, 0.1) is 5.56 Å². The van der Waals surface area contributed by atoms with E-state index < -0.39 is 23.8 Å². The molecule has 0 fully saturated rings. The van der Waals surface area contributed by atoms with Crippen LogP contribution in [0, 0.1) is 5.92 Å². The van der Waals surface area contributed by atoms with Gasteiger partial charge in [-0.1, -0.05) is 39.0 Å². The molecule has 0 aromatic heterocycles. The van der Waals surface area contributed by atoms with Gasteiger partial charge in [-0.25, -0.2) is 0 Å². The molecule has 0 aliphatic carbocycles. The predicted molar refractivity (Wildman–Crippen MR) is 96.0 cm³/mol. The average Bonchev–Trinajstić information content (AvgIpc) is 2.46. The first-order chi connectivity index (χ1) is 11.0. The molecule has 2 atom stereocenters. The molecule has 1 rings (SSSR count). The number of hydrogen-bond donors (Lipinski definition) is 3. The molecule has 1 aromatic carbocycles. The van der Waals surface area contributed by atoms with Crippen molar-refractivity contribution in [3.05, 3.63) is 35.4 Å². The Bertz CT molecular complexity index is 511. The Kier molecular flexibility index (Phi) is 12.6. The molecule has 0 heterocycles. The lowest BCUT2D eigenvalue weighted by Crippen LogP contribution is -2.34. The predicted octanol–water partition coefficient (Wildman–Crippen LogP) is 3.72. The van der Waals surface area contributed by atoms with Crippen molar-refractivity contribution in [1.29, 1.82) is 0 Å². The van der Waals surface area contributed by atoms with E-state index in [2.05, 4.69) is 5.32 Å². The van der Waals surface area contributed by atoms with Crippen LogP contribution < -0.4 is 11.1 Å². The van der Waals surface area contributed by atoms with E-state index in [9.17, 15) is 18.0 Å². The largest absolute Gasteiger partial charge is 0.480 e. The fourth-order valence-corrected chi connectivity index (χ4v) is 1.93. The van der Waals surface area contributed by atoms with Crippen molar-refractivity contribution in [3.63, 3.8) is 0 Å². The van der Waals surface area contributed by atoms with Crippen LogP contribution in [0.3, 0.4) is 0 Å². The Balaban J connectivity index is 0. The van der Waals surface area contributed by atoms with Crippen LogP contribution >= 0.6 is 12.4 Å². The Morgan fingerprint density at radius 3 is 2.20 bits per heavy atom. The molecule has 1 aromatic rings. The number of carboxylic acid groups (broad SMARTS) is 1. The Hall–Kier alpha value is -1.31. The number of carboxylic acids is 1. The quantitative estimate of drug-likeness (QED) is 0.698. The number of benzene rings is 1. The zero-order valence-electron chi connectivity index (χ0n) is 14.9. The van der Waals surface area contributed by atoms with Gasteiger partial charge in [-0.2, -0.15) is 13.2 Å². The van der Waals surface area contributed by atoms with Gasteiger partial charge in [-0.15, -0.1) is 12.4 Å². The lowest BCUT2D eigenvalue weighted by atomic mass is 10.0. The molecule has 146 valence electrons. The second-order valence-corrected chi connectivity index (χ2v) is 5.97. The van der Waals surface area contributed by atoms with Crippen LogP contribution in [0.1, 0.15) is 38.8 Å². The highest BCUT2D eigenvalue weighted by Gasteiger charge is 2.30. The topological polar surface area (TPSA) is 75.4 Å². The van der Waals surface area contributed by atoms with Gasteiger partial charge in [0.15, 0.2) is 0 Å². The van der Waals surface area contributed by atoms with Gasteiger partial charge >= 0.3 is 12.1 Å². The van der Waals surface area contributed by atoms with Gasteiger partial charge in [0.1, 0.15) is 6.04 Å². The molecular formula is C17H28ClF3N2O2. The molecule has 0 aliphatic rings. The van der Waals surface area contributed by atoms with Crippen molar-refractivity contribution < 1.29 is 23.1 Å². The smallest absolute Gasteiger partial charge is 0.416 e. The van der Waals surface area contributed by atoms with E-state index in [1.807, 2.05) is 13.8 Å². The van der Waals surface area contributed by atoms with E-state index >= 15 is 0 Å². The third kappa shape index (κ3) is 11.0. The van der Waals surface area contributed by atoms with Crippen LogP contribution in [0.15, 0.2) is 24.3 Å². The number of nitrogens with one attached hydrogen (secondary N) is 1. The minimum Gasteiger partial charge on any atom is -0.480 e. The normalized spacial score (nSPS) is 13.3. The molecule has 4 N–H and O–H groups in total. The summed E-state index contributed by atoms with van der Waals surface area (Å²) in [7, 11) is 0. The minimum absolute atomic E-state index is 0. The van der Waals surface area contributed by atoms with Gasteiger partial charge < -0.3 is 16.2 Å². The zero-order chi connectivity index (χ0) is 18.9. The average molecular weight is 385 g/mol. The maximum absolute atomic E-state index is 12.4. The first kappa shape index (κ1) is 25.9. The van der Waals surface area contributed by atoms with Crippen molar-refractivity contribution in [3.8, 4) is 0 Å². The Labute approximate surface area is 153 Å². The van der Waals surface area contributed by atoms with E-state index in [-0.39, 0.29) is 24.4 Å². The fraction of sp³-hybridized carbons (Fsp3) is 0.588. The van der Waals surface area contributed by atoms with Crippen LogP contribution in [-0.2, 0) is 17.4 Å². The number of rotatable bonds is 6. The Morgan fingerprint density at radius 1 is 1.28 bits per heavy atom. The molecule has 0 spiro atoms. The van der Waals surface area contributed by atoms with Gasteiger partial charge in [0.2, 0.25) is 0 Å². The molecule has 0 radical (unpaired) electrons.